The Morgan fingerprint density at radius 3 is 2.65 bits per heavy atom. The molecule has 100 valence electrons. The van der Waals surface area contributed by atoms with Crippen LogP contribution < -0.4 is 0 Å². The van der Waals surface area contributed by atoms with Crippen LogP contribution in [-0.2, 0) is 12.8 Å². The van der Waals surface area contributed by atoms with E-state index in [2.05, 4.69) is 4.98 Å². The molecule has 0 bridgehead atoms. The van der Waals surface area contributed by atoms with Gasteiger partial charge in [-0.15, -0.1) is 0 Å². The van der Waals surface area contributed by atoms with E-state index in [4.69, 9.17) is 16.0 Å². The molecule has 0 aliphatic rings. The van der Waals surface area contributed by atoms with Crippen molar-refractivity contribution in [1.82, 2.24) is 4.98 Å². The Hall–Kier alpha value is -2.13. The molecule has 0 aliphatic heterocycles. The van der Waals surface area contributed by atoms with Crippen molar-refractivity contribution in [2.45, 2.75) is 12.8 Å². The molecular weight excluding hydrogens is 274 g/mol. The molecule has 0 unspecified atom stereocenters. The Labute approximate surface area is 121 Å². The monoisotopic (exact) mass is 285 g/mol. The molecule has 3 rings (SSSR count). The van der Waals surface area contributed by atoms with Gasteiger partial charge >= 0.3 is 0 Å². The molecule has 0 spiro atoms. The van der Waals surface area contributed by atoms with Gasteiger partial charge in [0.25, 0.3) is 0 Å². The number of rotatable bonds is 4. The summed E-state index contributed by atoms with van der Waals surface area (Å²) in [6.07, 6.45) is 2.31. The third kappa shape index (κ3) is 2.58. The topological polar surface area (TPSA) is 43.1 Å². The molecule has 0 atom stereocenters. The highest BCUT2D eigenvalue weighted by Gasteiger charge is 2.09. The third-order valence-corrected chi connectivity index (χ3v) is 3.41. The molecule has 2 aromatic carbocycles. The second-order valence-corrected chi connectivity index (χ2v) is 4.98. The van der Waals surface area contributed by atoms with Crippen molar-refractivity contribution in [3.8, 4) is 0 Å². The largest absolute Gasteiger partial charge is 0.441 e. The van der Waals surface area contributed by atoms with Crippen LogP contribution in [0.25, 0.3) is 11.1 Å². The number of nitrogens with zero attached hydrogens (tertiary/aromatic N) is 1. The molecule has 0 saturated carbocycles. The van der Waals surface area contributed by atoms with Crippen LogP contribution in [0.2, 0.25) is 5.02 Å². The molecule has 20 heavy (non-hydrogen) atoms. The maximum Gasteiger partial charge on any atom is 0.195 e. The van der Waals surface area contributed by atoms with E-state index >= 15 is 0 Å². The summed E-state index contributed by atoms with van der Waals surface area (Å²) in [4.78, 5) is 15.3. The van der Waals surface area contributed by atoms with E-state index in [-0.39, 0.29) is 0 Å². The van der Waals surface area contributed by atoms with Crippen molar-refractivity contribution < 1.29 is 9.21 Å². The third-order valence-electron chi connectivity index (χ3n) is 3.16. The highest BCUT2D eigenvalue weighted by Crippen LogP contribution is 2.20. The van der Waals surface area contributed by atoms with Gasteiger partial charge < -0.3 is 4.42 Å². The number of hydrogen-bond acceptors (Lipinski definition) is 3. The van der Waals surface area contributed by atoms with Crippen LogP contribution in [0.1, 0.15) is 21.8 Å². The number of oxazole rings is 1. The molecule has 4 heteroatoms. The first-order chi connectivity index (χ1) is 9.76. The van der Waals surface area contributed by atoms with Crippen LogP contribution in [0.5, 0.6) is 0 Å². The van der Waals surface area contributed by atoms with Gasteiger partial charge in [-0.1, -0.05) is 29.8 Å². The lowest BCUT2D eigenvalue weighted by Gasteiger charge is -1.98. The Morgan fingerprint density at radius 1 is 1.10 bits per heavy atom. The van der Waals surface area contributed by atoms with E-state index < -0.39 is 0 Å². The predicted molar refractivity (Wildman–Crippen MR) is 78.3 cm³/mol. The average molecular weight is 286 g/mol. The molecule has 3 aromatic rings. The van der Waals surface area contributed by atoms with Crippen molar-refractivity contribution in [2.75, 3.05) is 0 Å². The van der Waals surface area contributed by atoms with Crippen LogP contribution >= 0.6 is 11.6 Å². The lowest BCUT2D eigenvalue weighted by Crippen LogP contribution is -1.91. The molecule has 0 radical (unpaired) electrons. The second kappa shape index (κ2) is 5.47. The summed E-state index contributed by atoms with van der Waals surface area (Å²) < 4.78 is 5.66. The Morgan fingerprint density at radius 2 is 1.90 bits per heavy atom. The van der Waals surface area contributed by atoms with Crippen molar-refractivity contribution in [3.05, 3.63) is 64.5 Å². The smallest absolute Gasteiger partial charge is 0.195 e. The standard InChI is InChI=1S/C16H12ClNO2/c17-13-7-4-11(5-8-13)6-9-15-18-16-12(10-19)2-1-3-14(16)20-15/h1-5,7-8,10H,6,9H2. The number of para-hydroxylation sites is 1. The van der Waals surface area contributed by atoms with Crippen molar-refractivity contribution in [2.24, 2.45) is 0 Å². The number of fused-ring (bicyclic) bond motifs is 1. The van der Waals surface area contributed by atoms with E-state index in [9.17, 15) is 4.79 Å². The van der Waals surface area contributed by atoms with E-state index in [1.54, 1.807) is 12.1 Å². The molecule has 0 N–H and O–H groups in total. The van der Waals surface area contributed by atoms with Gasteiger partial charge in [-0.25, -0.2) is 4.98 Å². The molecule has 3 nitrogen and oxygen atoms in total. The summed E-state index contributed by atoms with van der Waals surface area (Å²) in [6.45, 7) is 0. The highest BCUT2D eigenvalue weighted by atomic mass is 35.5. The second-order valence-electron chi connectivity index (χ2n) is 4.55. The molecule has 0 amide bonds. The minimum atomic E-state index is 0.559. The van der Waals surface area contributed by atoms with Crippen molar-refractivity contribution >= 4 is 29.0 Å². The molecular formula is C16H12ClNO2. The SMILES string of the molecule is O=Cc1cccc2oc(CCc3ccc(Cl)cc3)nc12. The summed E-state index contributed by atoms with van der Waals surface area (Å²) in [7, 11) is 0. The summed E-state index contributed by atoms with van der Waals surface area (Å²) in [5.41, 5.74) is 3.02. The average Bonchev–Trinajstić information content (AvgIpc) is 2.89. The first-order valence-electron chi connectivity index (χ1n) is 6.34. The van der Waals surface area contributed by atoms with E-state index in [1.807, 2.05) is 30.3 Å². The van der Waals surface area contributed by atoms with Gasteiger partial charge in [0.1, 0.15) is 5.52 Å². The van der Waals surface area contributed by atoms with Crippen LogP contribution in [0.3, 0.4) is 0 Å². The Balaban J connectivity index is 1.81. The van der Waals surface area contributed by atoms with Gasteiger partial charge in [0.15, 0.2) is 17.8 Å². The van der Waals surface area contributed by atoms with E-state index in [1.165, 1.54) is 5.56 Å². The zero-order valence-electron chi connectivity index (χ0n) is 10.7. The van der Waals surface area contributed by atoms with E-state index in [0.717, 1.165) is 17.7 Å². The maximum absolute atomic E-state index is 10.9. The van der Waals surface area contributed by atoms with Gasteiger partial charge in [0.05, 0.1) is 0 Å². The highest BCUT2D eigenvalue weighted by molar-refractivity contribution is 6.30. The fraction of sp³-hybridized carbons (Fsp3) is 0.125. The number of carbonyl (C=O) groups excluding carboxylic acids is 1. The maximum atomic E-state index is 10.9. The number of aromatic nitrogens is 1. The summed E-state index contributed by atoms with van der Waals surface area (Å²) in [5.74, 6) is 0.643. The summed E-state index contributed by atoms with van der Waals surface area (Å²) in [6, 6.07) is 13.1. The van der Waals surface area contributed by atoms with E-state index in [0.29, 0.717) is 29.0 Å². The molecule has 0 saturated heterocycles. The first-order valence-corrected chi connectivity index (χ1v) is 6.72. The number of benzene rings is 2. The fourth-order valence-electron chi connectivity index (χ4n) is 2.12. The van der Waals surface area contributed by atoms with Gasteiger partial charge in [0, 0.05) is 17.0 Å². The lowest BCUT2D eigenvalue weighted by atomic mass is 10.1. The van der Waals surface area contributed by atoms with Gasteiger partial charge in [0.2, 0.25) is 0 Å². The first kappa shape index (κ1) is 12.9. The molecule has 0 fully saturated rings. The van der Waals surface area contributed by atoms with Crippen LogP contribution in [0, 0.1) is 0 Å². The number of hydrogen-bond donors (Lipinski definition) is 0. The summed E-state index contributed by atoms with van der Waals surface area (Å²) >= 11 is 5.85. The van der Waals surface area contributed by atoms with Crippen molar-refractivity contribution in [1.29, 1.82) is 0 Å². The van der Waals surface area contributed by atoms with Crippen LogP contribution in [0.4, 0.5) is 0 Å². The zero-order valence-corrected chi connectivity index (χ0v) is 11.4. The number of halogens is 1. The Bertz CT molecular complexity index is 747. The van der Waals surface area contributed by atoms with Gasteiger partial charge in [-0.3, -0.25) is 4.79 Å². The van der Waals surface area contributed by atoms with Crippen molar-refractivity contribution in [3.63, 3.8) is 0 Å². The fourth-order valence-corrected chi connectivity index (χ4v) is 2.25. The van der Waals surface area contributed by atoms with Crippen LogP contribution in [-0.4, -0.2) is 11.3 Å². The van der Waals surface area contributed by atoms with Gasteiger partial charge in [-0.2, -0.15) is 0 Å². The number of aryl methyl sites for hydroxylation is 2. The van der Waals surface area contributed by atoms with Crippen LogP contribution in [0.15, 0.2) is 46.9 Å². The number of carbonyl (C=O) groups is 1. The Kier molecular flexibility index (Phi) is 3.52. The molecule has 0 aliphatic carbocycles. The van der Waals surface area contributed by atoms with Gasteiger partial charge in [-0.05, 0) is 36.2 Å². The summed E-state index contributed by atoms with van der Waals surface area (Å²) in [5, 5.41) is 0.728. The predicted octanol–water partition coefficient (Wildman–Crippen LogP) is 4.08. The minimum absolute atomic E-state index is 0.559. The lowest BCUT2D eigenvalue weighted by molar-refractivity contribution is 0.112. The molecule has 1 heterocycles. The number of aldehydes is 1. The zero-order chi connectivity index (χ0) is 13.9. The molecule has 1 aromatic heterocycles. The minimum Gasteiger partial charge on any atom is -0.441 e. The normalized spacial score (nSPS) is 10.8. The quantitative estimate of drug-likeness (QED) is 0.678.